The average molecular weight is 378 g/mol. The van der Waals surface area contributed by atoms with Crippen molar-refractivity contribution in [2.45, 2.75) is 38.4 Å². The number of hydrogen-bond donors (Lipinski definition) is 0. The third kappa shape index (κ3) is 3.15. The minimum Gasteiger partial charge on any atom is -0.497 e. The fourth-order valence-corrected chi connectivity index (χ4v) is 3.61. The Bertz CT molecular complexity index is 899. The molecule has 1 unspecified atom stereocenters. The van der Waals surface area contributed by atoms with Gasteiger partial charge in [0.25, 0.3) is 11.8 Å². The van der Waals surface area contributed by atoms with Crippen LogP contribution in [0, 0.1) is 0 Å². The molecule has 0 spiro atoms. The van der Waals surface area contributed by atoms with Crippen molar-refractivity contribution in [1.82, 2.24) is 9.80 Å². The molecule has 1 aliphatic heterocycles. The summed E-state index contributed by atoms with van der Waals surface area (Å²) in [7, 11) is 1.61. The lowest BCUT2D eigenvalue weighted by Crippen LogP contribution is -2.49. The third-order valence-electron chi connectivity index (χ3n) is 5.35. The first-order valence-corrected chi connectivity index (χ1v) is 9.41. The van der Waals surface area contributed by atoms with Gasteiger partial charge in [-0.05, 0) is 49.6 Å². The lowest BCUT2D eigenvalue weighted by molar-refractivity contribution is -0.136. The second kappa shape index (κ2) is 7.11. The van der Waals surface area contributed by atoms with Crippen LogP contribution in [0.5, 0.6) is 5.75 Å². The highest BCUT2D eigenvalue weighted by Crippen LogP contribution is 2.31. The molecule has 28 heavy (non-hydrogen) atoms. The van der Waals surface area contributed by atoms with Gasteiger partial charge >= 0.3 is 0 Å². The molecule has 1 aliphatic carbocycles. The summed E-state index contributed by atoms with van der Waals surface area (Å²) in [6.07, 6.45) is 1.88. The lowest BCUT2D eigenvalue weighted by atomic mass is 10.1. The standard InChI is InChI=1S/C22H22N2O4/c1-14(24-21(26)18-5-3-4-6-19(18)22(24)27)20(25)23(16-9-10-16)13-15-7-11-17(28-2)12-8-15/h3-8,11-12,14,16H,9-10,13H2,1-2H3. The molecular weight excluding hydrogens is 356 g/mol. The second-order valence-electron chi connectivity index (χ2n) is 7.25. The molecule has 0 aromatic heterocycles. The van der Waals surface area contributed by atoms with Crippen molar-refractivity contribution in [3.8, 4) is 5.75 Å². The Morgan fingerprint density at radius 2 is 1.64 bits per heavy atom. The largest absolute Gasteiger partial charge is 0.497 e. The fraction of sp³-hybridized carbons (Fsp3) is 0.318. The van der Waals surface area contributed by atoms with E-state index in [9.17, 15) is 14.4 Å². The molecule has 0 radical (unpaired) electrons. The molecule has 4 rings (SSSR count). The van der Waals surface area contributed by atoms with E-state index in [0.29, 0.717) is 17.7 Å². The zero-order valence-corrected chi connectivity index (χ0v) is 15.9. The summed E-state index contributed by atoms with van der Waals surface area (Å²) in [4.78, 5) is 41.5. The highest BCUT2D eigenvalue weighted by molar-refractivity contribution is 6.22. The van der Waals surface area contributed by atoms with Gasteiger partial charge in [-0.15, -0.1) is 0 Å². The maximum atomic E-state index is 13.2. The van der Waals surface area contributed by atoms with E-state index in [1.165, 1.54) is 0 Å². The van der Waals surface area contributed by atoms with Crippen LogP contribution in [-0.2, 0) is 11.3 Å². The van der Waals surface area contributed by atoms with Gasteiger partial charge in [0.1, 0.15) is 11.8 Å². The average Bonchev–Trinajstić information content (AvgIpc) is 3.53. The maximum absolute atomic E-state index is 13.2. The summed E-state index contributed by atoms with van der Waals surface area (Å²) in [5.74, 6) is -0.247. The summed E-state index contributed by atoms with van der Waals surface area (Å²) in [6, 6.07) is 13.6. The minimum atomic E-state index is -0.841. The van der Waals surface area contributed by atoms with Crippen LogP contribution in [0.2, 0.25) is 0 Å². The number of ether oxygens (including phenoxy) is 1. The molecule has 1 atom stereocenters. The highest BCUT2D eigenvalue weighted by Gasteiger charge is 2.43. The van der Waals surface area contributed by atoms with Crippen LogP contribution in [0.25, 0.3) is 0 Å². The smallest absolute Gasteiger partial charge is 0.262 e. The summed E-state index contributed by atoms with van der Waals surface area (Å²) in [6.45, 7) is 2.08. The molecule has 2 aromatic carbocycles. The normalized spacial score (nSPS) is 16.7. The quantitative estimate of drug-likeness (QED) is 0.725. The maximum Gasteiger partial charge on any atom is 0.262 e. The van der Waals surface area contributed by atoms with Crippen molar-refractivity contribution in [1.29, 1.82) is 0 Å². The summed E-state index contributed by atoms with van der Waals surface area (Å²) < 4.78 is 5.18. The number of methoxy groups -OCH3 is 1. The van der Waals surface area contributed by atoms with Crippen molar-refractivity contribution in [3.63, 3.8) is 0 Å². The van der Waals surface area contributed by atoms with Crippen LogP contribution in [0.4, 0.5) is 0 Å². The number of nitrogens with zero attached hydrogens (tertiary/aromatic N) is 2. The van der Waals surface area contributed by atoms with Gasteiger partial charge in [-0.25, -0.2) is 0 Å². The predicted molar refractivity (Wildman–Crippen MR) is 103 cm³/mol. The highest BCUT2D eigenvalue weighted by atomic mass is 16.5. The fourth-order valence-electron chi connectivity index (χ4n) is 3.61. The van der Waals surface area contributed by atoms with Crippen LogP contribution in [0.3, 0.4) is 0 Å². The molecule has 2 aliphatic rings. The Hall–Kier alpha value is -3.15. The Balaban J connectivity index is 1.54. The number of carbonyl (C=O) groups excluding carboxylic acids is 3. The van der Waals surface area contributed by atoms with Crippen LogP contribution in [0.1, 0.15) is 46.0 Å². The van der Waals surface area contributed by atoms with Gasteiger partial charge in [0.15, 0.2) is 0 Å². The molecule has 1 saturated carbocycles. The van der Waals surface area contributed by atoms with Crippen molar-refractivity contribution in [2.24, 2.45) is 0 Å². The SMILES string of the molecule is COc1ccc(CN(C(=O)C(C)N2C(=O)c3ccccc3C2=O)C2CC2)cc1. The van der Waals surface area contributed by atoms with E-state index >= 15 is 0 Å². The molecule has 1 heterocycles. The molecule has 0 N–H and O–H groups in total. The van der Waals surface area contributed by atoms with Crippen molar-refractivity contribution in [3.05, 3.63) is 65.2 Å². The third-order valence-corrected chi connectivity index (χ3v) is 5.35. The van der Waals surface area contributed by atoms with Gasteiger partial charge in [-0.3, -0.25) is 19.3 Å². The zero-order valence-electron chi connectivity index (χ0n) is 15.9. The van der Waals surface area contributed by atoms with E-state index in [1.807, 2.05) is 24.3 Å². The zero-order chi connectivity index (χ0) is 19.8. The first-order chi connectivity index (χ1) is 13.5. The van der Waals surface area contributed by atoms with Gasteiger partial charge in [-0.2, -0.15) is 0 Å². The topological polar surface area (TPSA) is 66.9 Å². The van der Waals surface area contributed by atoms with Crippen molar-refractivity contribution in [2.75, 3.05) is 7.11 Å². The molecule has 2 aromatic rings. The summed E-state index contributed by atoms with van der Waals surface area (Å²) >= 11 is 0. The van der Waals surface area contributed by atoms with Crippen molar-refractivity contribution >= 4 is 17.7 Å². The monoisotopic (exact) mass is 378 g/mol. The van der Waals surface area contributed by atoms with Crippen LogP contribution >= 0.6 is 0 Å². The van der Waals surface area contributed by atoms with Crippen LogP contribution in [0.15, 0.2) is 48.5 Å². The predicted octanol–water partition coefficient (Wildman–Crippen LogP) is 2.87. The van der Waals surface area contributed by atoms with E-state index < -0.39 is 17.9 Å². The van der Waals surface area contributed by atoms with Gasteiger partial charge in [0.2, 0.25) is 5.91 Å². The first-order valence-electron chi connectivity index (χ1n) is 9.41. The van der Waals surface area contributed by atoms with Gasteiger partial charge in [0, 0.05) is 12.6 Å². The number of rotatable bonds is 6. The number of benzene rings is 2. The second-order valence-corrected chi connectivity index (χ2v) is 7.25. The summed E-state index contributed by atoms with van der Waals surface area (Å²) in [5.41, 5.74) is 1.70. The molecule has 1 fully saturated rings. The Morgan fingerprint density at radius 3 is 2.14 bits per heavy atom. The van der Waals surface area contributed by atoms with E-state index in [1.54, 1.807) is 43.2 Å². The molecule has 6 heteroatoms. The number of imide groups is 1. The van der Waals surface area contributed by atoms with Gasteiger partial charge in [0.05, 0.1) is 18.2 Å². The molecule has 0 bridgehead atoms. The molecule has 3 amide bonds. The number of hydrogen-bond acceptors (Lipinski definition) is 4. The van der Waals surface area contributed by atoms with Crippen LogP contribution < -0.4 is 4.74 Å². The Labute approximate surface area is 163 Å². The van der Waals surface area contributed by atoms with E-state index in [4.69, 9.17) is 4.74 Å². The minimum absolute atomic E-state index is 0.159. The first kappa shape index (κ1) is 18.2. The van der Waals surface area contributed by atoms with Gasteiger partial charge < -0.3 is 9.64 Å². The number of fused-ring (bicyclic) bond motifs is 1. The van der Waals surface area contributed by atoms with E-state index in [0.717, 1.165) is 29.1 Å². The molecule has 0 saturated heterocycles. The van der Waals surface area contributed by atoms with E-state index in [-0.39, 0.29) is 11.9 Å². The number of carbonyl (C=O) groups is 3. The molecule has 6 nitrogen and oxygen atoms in total. The van der Waals surface area contributed by atoms with Crippen LogP contribution in [-0.4, -0.2) is 46.7 Å². The lowest BCUT2D eigenvalue weighted by Gasteiger charge is -2.29. The van der Waals surface area contributed by atoms with E-state index in [2.05, 4.69) is 0 Å². The van der Waals surface area contributed by atoms with Crippen molar-refractivity contribution < 1.29 is 19.1 Å². The van der Waals surface area contributed by atoms with Gasteiger partial charge in [-0.1, -0.05) is 24.3 Å². The Kier molecular flexibility index (Phi) is 4.63. The molecular formula is C22H22N2O4. The summed E-state index contributed by atoms with van der Waals surface area (Å²) in [5, 5.41) is 0. The Morgan fingerprint density at radius 1 is 1.07 bits per heavy atom. The molecule has 144 valence electrons. The number of amides is 3.